The number of rotatable bonds is 5. The molecule has 0 atom stereocenters. The van der Waals surface area contributed by atoms with Gasteiger partial charge in [-0.05, 0) is 54.2 Å². The lowest BCUT2D eigenvalue weighted by Gasteiger charge is -2.10. The van der Waals surface area contributed by atoms with E-state index >= 15 is 0 Å². The van der Waals surface area contributed by atoms with Gasteiger partial charge in [-0.2, -0.15) is 18.3 Å². The number of benzene rings is 3. The zero-order valence-corrected chi connectivity index (χ0v) is 20.1. The lowest BCUT2D eigenvalue weighted by Crippen LogP contribution is -2.24. The number of alkyl halides is 3. The maximum Gasteiger partial charge on any atom is 0.416 e. The van der Waals surface area contributed by atoms with E-state index in [4.69, 9.17) is 35.4 Å². The van der Waals surface area contributed by atoms with Crippen LogP contribution in [0.5, 0.6) is 0 Å². The fourth-order valence-electron chi connectivity index (χ4n) is 3.10. The third kappa shape index (κ3) is 6.19. The SMILES string of the molecule is FC(F)(F)c1ccc(-c2cn(-c3ccc(/C=N\NC(=S)Nc4c(Cl)cccc4Cl)cc3)cn2)cc1. The van der Waals surface area contributed by atoms with E-state index in [9.17, 15) is 13.2 Å². The van der Waals surface area contributed by atoms with Gasteiger partial charge >= 0.3 is 6.18 Å². The molecule has 0 spiro atoms. The molecule has 178 valence electrons. The van der Waals surface area contributed by atoms with E-state index in [2.05, 4.69) is 20.8 Å². The van der Waals surface area contributed by atoms with Gasteiger partial charge in [0.05, 0.1) is 39.5 Å². The molecule has 2 N–H and O–H groups in total. The highest BCUT2D eigenvalue weighted by Crippen LogP contribution is 2.31. The summed E-state index contributed by atoms with van der Waals surface area (Å²) in [6.45, 7) is 0. The molecule has 4 aromatic rings. The summed E-state index contributed by atoms with van der Waals surface area (Å²) in [6.07, 6.45) is 0.565. The highest BCUT2D eigenvalue weighted by atomic mass is 35.5. The molecule has 0 saturated heterocycles. The Hall–Kier alpha value is -3.40. The van der Waals surface area contributed by atoms with Crippen molar-refractivity contribution in [3.63, 3.8) is 0 Å². The molecule has 5 nitrogen and oxygen atoms in total. The fourth-order valence-corrected chi connectivity index (χ4v) is 3.75. The van der Waals surface area contributed by atoms with Crippen LogP contribution in [0.15, 0.2) is 84.4 Å². The maximum absolute atomic E-state index is 12.8. The van der Waals surface area contributed by atoms with Gasteiger partial charge in [0, 0.05) is 17.4 Å². The highest BCUT2D eigenvalue weighted by molar-refractivity contribution is 7.80. The topological polar surface area (TPSA) is 54.2 Å². The molecule has 0 aliphatic carbocycles. The van der Waals surface area contributed by atoms with E-state index in [0.29, 0.717) is 27.0 Å². The molecular formula is C24H16Cl2F3N5S. The molecule has 4 rings (SSSR count). The summed E-state index contributed by atoms with van der Waals surface area (Å²) in [5.41, 5.74) is 5.28. The Balaban J connectivity index is 1.37. The Bertz CT molecular complexity index is 1350. The lowest BCUT2D eigenvalue weighted by atomic mass is 10.1. The number of halogens is 5. The first-order valence-electron chi connectivity index (χ1n) is 10.1. The minimum atomic E-state index is -4.37. The Morgan fingerprint density at radius 2 is 1.63 bits per heavy atom. The molecule has 0 amide bonds. The van der Waals surface area contributed by atoms with Crippen molar-refractivity contribution in [1.29, 1.82) is 0 Å². The number of hydrazone groups is 1. The summed E-state index contributed by atoms with van der Waals surface area (Å²) in [4.78, 5) is 4.30. The second kappa shape index (κ2) is 10.5. The second-order valence-electron chi connectivity index (χ2n) is 7.25. The first-order chi connectivity index (χ1) is 16.7. The molecule has 0 bridgehead atoms. The normalized spacial score (nSPS) is 11.6. The van der Waals surface area contributed by atoms with Crippen LogP contribution in [0.2, 0.25) is 10.0 Å². The van der Waals surface area contributed by atoms with E-state index in [0.717, 1.165) is 23.4 Å². The van der Waals surface area contributed by atoms with Gasteiger partial charge in [0.1, 0.15) is 0 Å². The van der Waals surface area contributed by atoms with Gasteiger partial charge in [0.15, 0.2) is 5.11 Å². The third-order valence-corrected chi connectivity index (χ3v) is 5.69. The minimum absolute atomic E-state index is 0.224. The fraction of sp³-hybridized carbons (Fsp3) is 0.0417. The van der Waals surface area contributed by atoms with Crippen LogP contribution in [-0.4, -0.2) is 20.9 Å². The maximum atomic E-state index is 12.8. The van der Waals surface area contributed by atoms with Crippen LogP contribution in [0.4, 0.5) is 18.9 Å². The molecule has 0 radical (unpaired) electrons. The van der Waals surface area contributed by atoms with Crippen LogP contribution >= 0.6 is 35.4 Å². The number of thiocarbonyl (C=S) groups is 1. The van der Waals surface area contributed by atoms with Crippen molar-refractivity contribution >= 4 is 52.4 Å². The Morgan fingerprint density at radius 1 is 0.971 bits per heavy atom. The van der Waals surface area contributed by atoms with Crippen molar-refractivity contribution in [2.75, 3.05) is 5.32 Å². The van der Waals surface area contributed by atoms with Crippen LogP contribution < -0.4 is 10.7 Å². The average molecular weight is 534 g/mol. The number of nitrogens with one attached hydrogen (secondary N) is 2. The molecule has 0 aliphatic rings. The van der Waals surface area contributed by atoms with Gasteiger partial charge in [-0.25, -0.2) is 4.98 Å². The molecule has 1 heterocycles. The molecule has 0 unspecified atom stereocenters. The summed E-state index contributed by atoms with van der Waals surface area (Å²) in [5.74, 6) is 0. The van der Waals surface area contributed by atoms with Crippen molar-refractivity contribution in [2.24, 2.45) is 5.10 Å². The Morgan fingerprint density at radius 3 is 2.26 bits per heavy atom. The van der Waals surface area contributed by atoms with Crippen molar-refractivity contribution in [1.82, 2.24) is 15.0 Å². The molecule has 11 heteroatoms. The monoisotopic (exact) mass is 533 g/mol. The van der Waals surface area contributed by atoms with Gasteiger partial charge in [-0.1, -0.05) is 53.5 Å². The van der Waals surface area contributed by atoms with Crippen LogP contribution in [0.25, 0.3) is 16.9 Å². The second-order valence-corrected chi connectivity index (χ2v) is 8.48. The van der Waals surface area contributed by atoms with Crippen LogP contribution in [0.3, 0.4) is 0 Å². The number of anilines is 1. The van der Waals surface area contributed by atoms with Crippen LogP contribution in [-0.2, 0) is 6.18 Å². The van der Waals surface area contributed by atoms with Crippen molar-refractivity contribution < 1.29 is 13.2 Å². The lowest BCUT2D eigenvalue weighted by molar-refractivity contribution is -0.137. The van der Waals surface area contributed by atoms with E-state index in [1.54, 1.807) is 41.5 Å². The minimum Gasteiger partial charge on any atom is -0.329 e. The number of para-hydroxylation sites is 1. The first kappa shape index (κ1) is 24.7. The smallest absolute Gasteiger partial charge is 0.329 e. The molecule has 3 aromatic carbocycles. The molecule has 35 heavy (non-hydrogen) atoms. The van der Waals surface area contributed by atoms with Crippen LogP contribution in [0, 0.1) is 0 Å². The zero-order chi connectivity index (χ0) is 25.0. The number of nitrogens with zero attached hydrogens (tertiary/aromatic N) is 3. The first-order valence-corrected chi connectivity index (χ1v) is 11.2. The predicted molar refractivity (Wildman–Crippen MR) is 137 cm³/mol. The molecule has 0 aliphatic heterocycles. The van der Waals surface area contributed by atoms with Crippen molar-refractivity contribution in [3.8, 4) is 16.9 Å². The van der Waals surface area contributed by atoms with Crippen LogP contribution in [0.1, 0.15) is 11.1 Å². The Kier molecular flexibility index (Phi) is 7.39. The van der Waals surface area contributed by atoms with Crippen molar-refractivity contribution in [2.45, 2.75) is 6.18 Å². The van der Waals surface area contributed by atoms with E-state index in [-0.39, 0.29) is 5.11 Å². The summed E-state index contributed by atoms with van der Waals surface area (Å²) >= 11 is 17.4. The predicted octanol–water partition coefficient (Wildman–Crippen LogP) is 7.19. The Labute approximate surface area is 214 Å². The van der Waals surface area contributed by atoms with E-state index in [1.165, 1.54) is 12.1 Å². The summed E-state index contributed by atoms with van der Waals surface area (Å²) in [5, 5.41) is 8.09. The highest BCUT2D eigenvalue weighted by Gasteiger charge is 2.30. The molecular weight excluding hydrogens is 518 g/mol. The summed E-state index contributed by atoms with van der Waals surface area (Å²) < 4.78 is 40.1. The number of aromatic nitrogens is 2. The molecule has 0 fully saturated rings. The standard InChI is InChI=1S/C24H16Cl2F3N5S/c25-19-2-1-3-20(26)22(19)32-23(35)33-31-12-15-4-10-18(11-5-15)34-13-21(30-14-34)16-6-8-17(9-7-16)24(27,28)29/h1-14H,(H2,32,33,35)/b31-12-. The third-order valence-electron chi connectivity index (χ3n) is 4.86. The van der Waals surface area contributed by atoms with Gasteiger partial charge < -0.3 is 9.88 Å². The van der Waals surface area contributed by atoms with Crippen molar-refractivity contribution in [3.05, 3.63) is 100 Å². The van der Waals surface area contributed by atoms with Gasteiger partial charge in [0.25, 0.3) is 0 Å². The average Bonchev–Trinajstić information content (AvgIpc) is 3.32. The largest absolute Gasteiger partial charge is 0.416 e. The summed E-state index contributed by atoms with van der Waals surface area (Å²) in [6, 6.07) is 17.4. The molecule has 0 saturated carbocycles. The molecule has 1 aromatic heterocycles. The number of imidazole rings is 1. The quantitative estimate of drug-likeness (QED) is 0.162. The summed E-state index contributed by atoms with van der Waals surface area (Å²) in [7, 11) is 0. The van der Waals surface area contributed by atoms with E-state index < -0.39 is 11.7 Å². The van der Waals surface area contributed by atoms with E-state index in [1.807, 2.05) is 24.3 Å². The van der Waals surface area contributed by atoms with Gasteiger partial charge in [-0.15, -0.1) is 0 Å². The van der Waals surface area contributed by atoms with Gasteiger partial charge in [0.2, 0.25) is 0 Å². The number of hydrogen-bond acceptors (Lipinski definition) is 3. The van der Waals surface area contributed by atoms with Gasteiger partial charge in [-0.3, -0.25) is 5.43 Å². The number of hydrogen-bond donors (Lipinski definition) is 2. The zero-order valence-electron chi connectivity index (χ0n) is 17.7.